The first-order valence-corrected chi connectivity index (χ1v) is 11.0. The van der Waals surface area contributed by atoms with Gasteiger partial charge >= 0.3 is 0 Å². The Hall–Kier alpha value is -4.32. The van der Waals surface area contributed by atoms with Crippen LogP contribution < -0.4 is 14.9 Å². The highest BCUT2D eigenvalue weighted by Gasteiger charge is 2.12. The molecular formula is C28H26N2O4. The number of nitrogens with one attached hydrogen (secondary N) is 1. The minimum atomic E-state index is -0.498. The van der Waals surface area contributed by atoms with E-state index in [4.69, 9.17) is 9.47 Å². The maximum absolute atomic E-state index is 12.5. The summed E-state index contributed by atoms with van der Waals surface area (Å²) in [5.74, 6) is 0.631. The van der Waals surface area contributed by atoms with Crippen LogP contribution in [0.2, 0.25) is 0 Å². The van der Waals surface area contributed by atoms with Gasteiger partial charge in [0.05, 0.1) is 18.4 Å². The molecule has 0 heterocycles. The van der Waals surface area contributed by atoms with Gasteiger partial charge in [0.1, 0.15) is 12.4 Å². The summed E-state index contributed by atoms with van der Waals surface area (Å²) in [4.78, 5) is 12.5. The molecule has 0 unspecified atom stereocenters. The van der Waals surface area contributed by atoms with E-state index in [-0.39, 0.29) is 11.3 Å². The lowest BCUT2D eigenvalue weighted by atomic mass is 10.1. The summed E-state index contributed by atoms with van der Waals surface area (Å²) in [7, 11) is 0. The van der Waals surface area contributed by atoms with Gasteiger partial charge in [-0.15, -0.1) is 0 Å². The van der Waals surface area contributed by atoms with E-state index in [9.17, 15) is 9.90 Å². The molecule has 0 aliphatic heterocycles. The molecule has 0 radical (unpaired) electrons. The Morgan fingerprint density at radius 2 is 1.74 bits per heavy atom. The quantitative estimate of drug-likeness (QED) is 0.268. The van der Waals surface area contributed by atoms with Crippen LogP contribution in [0.5, 0.6) is 17.2 Å². The van der Waals surface area contributed by atoms with Crippen molar-refractivity contribution in [3.63, 3.8) is 0 Å². The lowest BCUT2D eigenvalue weighted by molar-refractivity contribution is 0.0952. The highest BCUT2D eigenvalue weighted by atomic mass is 16.5. The third-order valence-electron chi connectivity index (χ3n) is 5.23. The summed E-state index contributed by atoms with van der Waals surface area (Å²) in [6, 6.07) is 24.3. The van der Waals surface area contributed by atoms with E-state index in [1.165, 1.54) is 11.8 Å². The normalized spacial score (nSPS) is 11.0. The van der Waals surface area contributed by atoms with Crippen LogP contribution in [0.25, 0.3) is 10.8 Å². The van der Waals surface area contributed by atoms with Gasteiger partial charge in [0.25, 0.3) is 5.91 Å². The number of amides is 1. The number of carbonyl (C=O) groups excluding carboxylic acids is 1. The number of phenols is 1. The molecule has 0 aliphatic rings. The van der Waals surface area contributed by atoms with E-state index in [1.807, 2.05) is 68.4 Å². The zero-order valence-corrected chi connectivity index (χ0v) is 19.1. The number of fused-ring (bicyclic) bond motifs is 1. The van der Waals surface area contributed by atoms with Gasteiger partial charge in [-0.25, -0.2) is 5.43 Å². The van der Waals surface area contributed by atoms with Crippen LogP contribution in [0.15, 0.2) is 84.0 Å². The smallest absolute Gasteiger partial charge is 0.275 e. The van der Waals surface area contributed by atoms with Gasteiger partial charge in [-0.05, 0) is 66.1 Å². The van der Waals surface area contributed by atoms with Gasteiger partial charge in [-0.2, -0.15) is 5.10 Å². The second-order valence-corrected chi connectivity index (χ2v) is 7.83. The van der Waals surface area contributed by atoms with Crippen LogP contribution in [-0.4, -0.2) is 23.8 Å². The highest BCUT2D eigenvalue weighted by molar-refractivity contribution is 6.01. The predicted octanol–water partition coefficient (Wildman–Crippen LogP) is 5.60. The van der Waals surface area contributed by atoms with Gasteiger partial charge in [0, 0.05) is 0 Å². The Labute approximate surface area is 198 Å². The zero-order chi connectivity index (χ0) is 23.9. The average Bonchev–Trinajstić information content (AvgIpc) is 2.83. The second-order valence-electron chi connectivity index (χ2n) is 7.83. The van der Waals surface area contributed by atoms with Crippen molar-refractivity contribution >= 4 is 22.9 Å². The minimum absolute atomic E-state index is 0.0971. The van der Waals surface area contributed by atoms with Crippen LogP contribution >= 0.6 is 0 Å². The molecule has 0 aromatic heterocycles. The second kappa shape index (κ2) is 10.5. The Kier molecular flexibility index (Phi) is 7.08. The van der Waals surface area contributed by atoms with Gasteiger partial charge in [0.2, 0.25) is 0 Å². The van der Waals surface area contributed by atoms with E-state index >= 15 is 0 Å². The summed E-state index contributed by atoms with van der Waals surface area (Å²) in [6.45, 7) is 4.87. The van der Waals surface area contributed by atoms with Gasteiger partial charge in [-0.1, -0.05) is 54.1 Å². The molecule has 6 nitrogen and oxygen atoms in total. The number of ether oxygens (including phenoxy) is 2. The molecule has 4 rings (SSSR count). The molecular weight excluding hydrogens is 428 g/mol. The number of hydrogen-bond donors (Lipinski definition) is 2. The number of aryl methyl sites for hydroxylation is 1. The van der Waals surface area contributed by atoms with Crippen LogP contribution in [0.3, 0.4) is 0 Å². The van der Waals surface area contributed by atoms with Crippen molar-refractivity contribution in [2.45, 2.75) is 20.5 Å². The van der Waals surface area contributed by atoms with Crippen molar-refractivity contribution in [3.05, 3.63) is 101 Å². The maximum Gasteiger partial charge on any atom is 0.275 e. The summed E-state index contributed by atoms with van der Waals surface area (Å²) < 4.78 is 11.7. The van der Waals surface area contributed by atoms with E-state index in [2.05, 4.69) is 16.6 Å². The first-order chi connectivity index (χ1) is 16.5. The first kappa shape index (κ1) is 22.9. The Bertz CT molecular complexity index is 1350. The highest BCUT2D eigenvalue weighted by Crippen LogP contribution is 2.29. The number of carbonyl (C=O) groups is 1. The van der Waals surface area contributed by atoms with Crippen molar-refractivity contribution in [3.8, 4) is 17.2 Å². The van der Waals surface area contributed by atoms with Crippen LogP contribution in [0, 0.1) is 6.92 Å². The molecule has 0 atom stereocenters. The Morgan fingerprint density at radius 1 is 0.941 bits per heavy atom. The van der Waals surface area contributed by atoms with Crippen LogP contribution in [-0.2, 0) is 6.61 Å². The minimum Gasteiger partial charge on any atom is -0.507 e. The molecule has 0 bridgehead atoms. The van der Waals surface area contributed by atoms with Crippen molar-refractivity contribution in [1.82, 2.24) is 5.43 Å². The summed E-state index contributed by atoms with van der Waals surface area (Å²) >= 11 is 0. The molecule has 0 fully saturated rings. The first-order valence-electron chi connectivity index (χ1n) is 11.0. The molecule has 0 spiro atoms. The number of nitrogens with zero attached hydrogens (tertiary/aromatic N) is 1. The van der Waals surface area contributed by atoms with E-state index in [1.54, 1.807) is 18.2 Å². The fourth-order valence-electron chi connectivity index (χ4n) is 3.59. The zero-order valence-electron chi connectivity index (χ0n) is 19.1. The predicted molar refractivity (Wildman–Crippen MR) is 134 cm³/mol. The standard InChI is InChI=1S/C28H26N2O4/c1-3-33-27-14-20(11-12-26(27)34-18-21-8-6-7-19(2)13-21)17-29-30-28(32)24-15-22-9-4-5-10-23(22)16-25(24)31/h4-17,31H,3,18H2,1-2H3,(H,30,32). The molecule has 2 N–H and O–H groups in total. The SMILES string of the molecule is CCOc1cc(C=NNC(=O)c2cc3ccccc3cc2O)ccc1OCc1cccc(C)c1. The third kappa shape index (κ3) is 5.53. The monoisotopic (exact) mass is 454 g/mol. The summed E-state index contributed by atoms with van der Waals surface area (Å²) in [5, 5.41) is 16.0. The van der Waals surface area contributed by atoms with Crippen LogP contribution in [0.4, 0.5) is 0 Å². The van der Waals surface area contributed by atoms with Crippen molar-refractivity contribution in [2.24, 2.45) is 5.10 Å². The van der Waals surface area contributed by atoms with Crippen molar-refractivity contribution in [1.29, 1.82) is 0 Å². The summed E-state index contributed by atoms with van der Waals surface area (Å²) in [6.07, 6.45) is 1.52. The number of rotatable bonds is 8. The van der Waals surface area contributed by atoms with E-state index in [0.717, 1.165) is 21.9 Å². The van der Waals surface area contributed by atoms with E-state index < -0.39 is 5.91 Å². The largest absolute Gasteiger partial charge is 0.507 e. The van der Waals surface area contributed by atoms with Crippen molar-refractivity contribution < 1.29 is 19.4 Å². The molecule has 0 saturated carbocycles. The van der Waals surface area contributed by atoms with Crippen LogP contribution in [0.1, 0.15) is 34.0 Å². The third-order valence-corrected chi connectivity index (χ3v) is 5.23. The maximum atomic E-state index is 12.5. The topological polar surface area (TPSA) is 80.2 Å². The number of aromatic hydroxyl groups is 1. The summed E-state index contributed by atoms with van der Waals surface area (Å²) in [5.41, 5.74) is 5.61. The lowest BCUT2D eigenvalue weighted by Gasteiger charge is -2.13. The molecule has 34 heavy (non-hydrogen) atoms. The van der Waals surface area contributed by atoms with Gasteiger partial charge in [0.15, 0.2) is 11.5 Å². The Balaban J connectivity index is 1.44. The van der Waals surface area contributed by atoms with Crippen molar-refractivity contribution in [2.75, 3.05) is 6.61 Å². The molecule has 0 aliphatic carbocycles. The molecule has 6 heteroatoms. The fourth-order valence-corrected chi connectivity index (χ4v) is 3.59. The van der Waals surface area contributed by atoms with Gasteiger partial charge < -0.3 is 14.6 Å². The Morgan fingerprint density at radius 3 is 2.50 bits per heavy atom. The molecule has 172 valence electrons. The average molecular weight is 455 g/mol. The molecule has 4 aromatic carbocycles. The number of benzene rings is 4. The van der Waals surface area contributed by atoms with E-state index in [0.29, 0.717) is 24.7 Å². The van der Waals surface area contributed by atoms with Gasteiger partial charge in [-0.3, -0.25) is 4.79 Å². The number of hydrogen-bond acceptors (Lipinski definition) is 5. The molecule has 1 amide bonds. The molecule has 0 saturated heterocycles. The molecule has 4 aromatic rings. The lowest BCUT2D eigenvalue weighted by Crippen LogP contribution is -2.17. The number of phenolic OH excluding ortho intramolecular Hbond substituents is 1. The number of hydrazone groups is 1. The fraction of sp³-hybridized carbons (Fsp3) is 0.143.